The van der Waals surface area contributed by atoms with E-state index in [2.05, 4.69) is 0 Å². The molecule has 1 atom stereocenters. The zero-order chi connectivity index (χ0) is 6.57. The van der Waals surface area contributed by atoms with Crippen LogP contribution in [-0.4, -0.2) is 12.1 Å². The Kier molecular flexibility index (Phi) is 3.08. The van der Waals surface area contributed by atoms with Crippen LogP contribution in [0.25, 0.3) is 0 Å². The molecule has 0 aliphatic heterocycles. The van der Waals surface area contributed by atoms with Gasteiger partial charge in [0.15, 0.2) is 12.1 Å². The summed E-state index contributed by atoms with van der Waals surface area (Å²) in [4.78, 5) is 20.1. The molecular formula is C6H10O2. The third kappa shape index (κ3) is 1.87. The van der Waals surface area contributed by atoms with Crippen molar-refractivity contribution >= 4 is 12.1 Å². The van der Waals surface area contributed by atoms with Gasteiger partial charge in [0.05, 0.1) is 0 Å². The largest absolute Gasteiger partial charge is 0.295 e. The van der Waals surface area contributed by atoms with E-state index in [1.807, 2.05) is 6.92 Å². The average Bonchev–Trinajstić information content (AvgIpc) is 1.84. The van der Waals surface area contributed by atoms with Crippen molar-refractivity contribution in [1.29, 1.82) is 0 Å². The lowest BCUT2D eigenvalue weighted by Crippen LogP contribution is -2.09. The van der Waals surface area contributed by atoms with Crippen LogP contribution in [-0.2, 0) is 9.59 Å². The molecule has 0 fully saturated rings. The van der Waals surface area contributed by atoms with Gasteiger partial charge in [-0.2, -0.15) is 0 Å². The molecule has 8 heavy (non-hydrogen) atoms. The summed E-state index contributed by atoms with van der Waals surface area (Å²) in [6.07, 6.45) is 1.13. The molecule has 0 spiro atoms. The van der Waals surface area contributed by atoms with Gasteiger partial charge < -0.3 is 0 Å². The van der Waals surface area contributed by atoms with Gasteiger partial charge in [0.25, 0.3) is 0 Å². The number of aldehydes is 1. The number of carbonyl (C=O) groups excluding carboxylic acids is 2. The predicted molar refractivity (Wildman–Crippen MR) is 30.5 cm³/mol. The zero-order valence-corrected chi connectivity index (χ0v) is 5.18. The van der Waals surface area contributed by atoms with Crippen molar-refractivity contribution in [2.45, 2.75) is 20.3 Å². The molecule has 0 saturated heterocycles. The zero-order valence-electron chi connectivity index (χ0n) is 5.18. The first-order valence-corrected chi connectivity index (χ1v) is 2.71. The summed E-state index contributed by atoms with van der Waals surface area (Å²) in [5, 5.41) is 0. The lowest BCUT2D eigenvalue weighted by atomic mass is 10.1. The van der Waals surface area contributed by atoms with Crippen molar-refractivity contribution in [2.75, 3.05) is 0 Å². The van der Waals surface area contributed by atoms with Crippen molar-refractivity contribution < 1.29 is 9.59 Å². The normalized spacial score (nSPS) is 12.8. The van der Waals surface area contributed by atoms with Gasteiger partial charge >= 0.3 is 0 Å². The fourth-order valence-corrected chi connectivity index (χ4v) is 0.317. The molecule has 0 radical (unpaired) electrons. The molecule has 2 heteroatoms. The van der Waals surface area contributed by atoms with E-state index in [0.717, 1.165) is 6.42 Å². The van der Waals surface area contributed by atoms with Gasteiger partial charge in [0.1, 0.15) is 0 Å². The minimum atomic E-state index is -0.299. The summed E-state index contributed by atoms with van der Waals surface area (Å²) < 4.78 is 0. The molecule has 0 aromatic heterocycles. The van der Waals surface area contributed by atoms with Crippen LogP contribution in [0.15, 0.2) is 0 Å². The summed E-state index contributed by atoms with van der Waals surface area (Å²) in [6, 6.07) is 0. The minimum absolute atomic E-state index is 0.0903. The molecule has 46 valence electrons. The summed E-state index contributed by atoms with van der Waals surface area (Å²) in [5.74, 6) is -0.389. The van der Waals surface area contributed by atoms with E-state index in [1.54, 1.807) is 6.92 Å². The second-order valence-electron chi connectivity index (χ2n) is 1.83. The molecule has 0 aliphatic carbocycles. The van der Waals surface area contributed by atoms with Crippen LogP contribution >= 0.6 is 0 Å². The highest BCUT2D eigenvalue weighted by Crippen LogP contribution is 1.98. The fourth-order valence-electron chi connectivity index (χ4n) is 0.317. The van der Waals surface area contributed by atoms with Gasteiger partial charge in [-0.05, 0) is 6.42 Å². The van der Waals surface area contributed by atoms with Gasteiger partial charge in [0.2, 0.25) is 0 Å². The first kappa shape index (κ1) is 7.34. The van der Waals surface area contributed by atoms with E-state index in [9.17, 15) is 9.59 Å². The fraction of sp³-hybridized carbons (Fsp3) is 0.667. The maximum atomic E-state index is 10.4. The minimum Gasteiger partial charge on any atom is -0.295 e. The molecule has 0 aliphatic rings. The number of Topliss-reactive ketones (excluding diaryl/α,β-unsaturated/α-hetero) is 1. The standard InChI is InChI=1S/C6H10O2/c1-3-5(2)6(8)4-7/h4-5H,3H2,1-2H3/t5-/m0/s1. The molecule has 0 N–H and O–H groups in total. The summed E-state index contributed by atoms with van der Waals surface area (Å²) in [5.41, 5.74) is 0. The number of ketones is 1. The van der Waals surface area contributed by atoms with E-state index in [-0.39, 0.29) is 11.7 Å². The van der Waals surface area contributed by atoms with E-state index in [4.69, 9.17) is 0 Å². The molecule has 0 bridgehead atoms. The summed E-state index contributed by atoms with van der Waals surface area (Å²) in [6.45, 7) is 3.63. The number of carbonyl (C=O) groups is 2. The Hall–Kier alpha value is -0.660. The first-order chi connectivity index (χ1) is 3.72. The Morgan fingerprint density at radius 3 is 2.38 bits per heavy atom. The van der Waals surface area contributed by atoms with Gasteiger partial charge in [-0.3, -0.25) is 9.59 Å². The average molecular weight is 114 g/mol. The number of hydrogen-bond acceptors (Lipinski definition) is 2. The van der Waals surface area contributed by atoms with E-state index >= 15 is 0 Å². The Labute approximate surface area is 48.9 Å². The first-order valence-electron chi connectivity index (χ1n) is 2.71. The molecule has 2 nitrogen and oxygen atoms in total. The Morgan fingerprint density at radius 2 is 2.25 bits per heavy atom. The molecule has 0 unspecified atom stereocenters. The van der Waals surface area contributed by atoms with Crippen LogP contribution < -0.4 is 0 Å². The van der Waals surface area contributed by atoms with Crippen LogP contribution in [0, 0.1) is 5.92 Å². The van der Waals surface area contributed by atoms with Gasteiger partial charge in [-0.25, -0.2) is 0 Å². The highest BCUT2D eigenvalue weighted by molar-refractivity contribution is 6.25. The van der Waals surface area contributed by atoms with Crippen molar-refractivity contribution in [2.24, 2.45) is 5.92 Å². The van der Waals surface area contributed by atoms with Gasteiger partial charge in [-0.1, -0.05) is 13.8 Å². The molecule has 0 heterocycles. The van der Waals surface area contributed by atoms with Crippen molar-refractivity contribution in [1.82, 2.24) is 0 Å². The smallest absolute Gasteiger partial charge is 0.197 e. The lowest BCUT2D eigenvalue weighted by Gasteiger charge is -1.97. The highest BCUT2D eigenvalue weighted by Gasteiger charge is 2.06. The topological polar surface area (TPSA) is 34.1 Å². The molecule has 0 saturated carbocycles. The molecule has 0 amide bonds. The number of hydrogen-bond donors (Lipinski definition) is 0. The quantitative estimate of drug-likeness (QED) is 0.401. The van der Waals surface area contributed by atoms with Crippen LogP contribution in [0.5, 0.6) is 0 Å². The van der Waals surface area contributed by atoms with Crippen molar-refractivity contribution in [3.63, 3.8) is 0 Å². The van der Waals surface area contributed by atoms with E-state index < -0.39 is 0 Å². The molecule has 0 rings (SSSR count). The van der Waals surface area contributed by atoms with Gasteiger partial charge in [-0.15, -0.1) is 0 Å². The van der Waals surface area contributed by atoms with Crippen LogP contribution in [0.3, 0.4) is 0 Å². The second-order valence-corrected chi connectivity index (χ2v) is 1.83. The molecule has 0 aromatic rings. The van der Waals surface area contributed by atoms with Crippen LogP contribution in [0.1, 0.15) is 20.3 Å². The van der Waals surface area contributed by atoms with Crippen molar-refractivity contribution in [3.8, 4) is 0 Å². The monoisotopic (exact) mass is 114 g/mol. The maximum absolute atomic E-state index is 10.4. The van der Waals surface area contributed by atoms with Crippen LogP contribution in [0.4, 0.5) is 0 Å². The summed E-state index contributed by atoms with van der Waals surface area (Å²) in [7, 11) is 0. The molecule has 0 aromatic carbocycles. The van der Waals surface area contributed by atoms with E-state index in [0.29, 0.717) is 6.29 Å². The molecular weight excluding hydrogens is 104 g/mol. The Bertz CT molecular complexity index is 96.7. The SMILES string of the molecule is CC[C@H](C)C(=O)C=O. The highest BCUT2D eigenvalue weighted by atomic mass is 16.2. The second kappa shape index (κ2) is 3.36. The Balaban J connectivity index is 3.62. The lowest BCUT2D eigenvalue weighted by molar-refractivity contribution is -0.132. The van der Waals surface area contributed by atoms with Gasteiger partial charge in [0, 0.05) is 5.92 Å². The van der Waals surface area contributed by atoms with Crippen LogP contribution in [0.2, 0.25) is 0 Å². The predicted octanol–water partition coefficient (Wildman–Crippen LogP) is 0.800. The maximum Gasteiger partial charge on any atom is 0.197 e. The van der Waals surface area contributed by atoms with E-state index in [1.165, 1.54) is 0 Å². The third-order valence-corrected chi connectivity index (χ3v) is 1.21. The Morgan fingerprint density at radius 1 is 1.75 bits per heavy atom. The number of rotatable bonds is 3. The third-order valence-electron chi connectivity index (χ3n) is 1.21. The summed E-state index contributed by atoms with van der Waals surface area (Å²) >= 11 is 0. The van der Waals surface area contributed by atoms with Crippen molar-refractivity contribution in [3.05, 3.63) is 0 Å².